The van der Waals surface area contributed by atoms with Crippen LogP contribution in [0.5, 0.6) is 0 Å². The van der Waals surface area contributed by atoms with E-state index in [0.29, 0.717) is 5.82 Å². The first-order chi connectivity index (χ1) is 8.74. The number of H-pyrrole nitrogens is 1. The van der Waals surface area contributed by atoms with Crippen LogP contribution < -0.4 is 5.73 Å². The quantitative estimate of drug-likeness (QED) is 0.833. The van der Waals surface area contributed by atoms with Gasteiger partial charge in [0.25, 0.3) is 0 Å². The molecule has 1 aliphatic heterocycles. The largest absolute Gasteiger partial charge is 0.382 e. The topological polar surface area (TPSA) is 70.3 Å². The van der Waals surface area contributed by atoms with Crippen LogP contribution in [0.1, 0.15) is 5.56 Å². The van der Waals surface area contributed by atoms with E-state index in [2.05, 4.69) is 51.4 Å². The fourth-order valence-electron chi connectivity index (χ4n) is 2.13. The molecule has 0 aliphatic carbocycles. The van der Waals surface area contributed by atoms with Crippen LogP contribution in [0.4, 0.5) is 5.82 Å². The number of nitrogens with two attached hydrogens (primary N) is 1. The van der Waals surface area contributed by atoms with Gasteiger partial charge in [-0.3, -0.25) is 10.1 Å². The van der Waals surface area contributed by atoms with Gasteiger partial charge in [-0.15, -0.1) is 0 Å². The van der Waals surface area contributed by atoms with Gasteiger partial charge in [0.2, 0.25) is 0 Å². The van der Waals surface area contributed by atoms with Crippen LogP contribution in [0.15, 0.2) is 35.3 Å². The van der Waals surface area contributed by atoms with Crippen LogP contribution >= 0.6 is 0 Å². The molecule has 0 saturated carbocycles. The first-order valence-corrected chi connectivity index (χ1v) is 5.91. The highest BCUT2D eigenvalue weighted by Crippen LogP contribution is 2.20. The van der Waals surface area contributed by atoms with E-state index in [9.17, 15) is 0 Å². The molecule has 2 aromatic rings. The van der Waals surface area contributed by atoms with Crippen molar-refractivity contribution < 1.29 is 0 Å². The van der Waals surface area contributed by atoms with Crippen LogP contribution in [0.25, 0.3) is 11.3 Å². The van der Waals surface area contributed by atoms with Crippen molar-refractivity contribution in [3.8, 4) is 11.3 Å². The number of rotatable bonds is 2. The van der Waals surface area contributed by atoms with E-state index in [1.54, 1.807) is 0 Å². The smallest absolute Gasteiger partial charge is 0.145 e. The molecular formula is C13H15N5. The van der Waals surface area contributed by atoms with E-state index >= 15 is 0 Å². The van der Waals surface area contributed by atoms with Crippen LogP contribution in [0.2, 0.25) is 0 Å². The van der Waals surface area contributed by atoms with Gasteiger partial charge in [-0.1, -0.05) is 24.3 Å². The molecule has 18 heavy (non-hydrogen) atoms. The Morgan fingerprint density at radius 2 is 1.94 bits per heavy atom. The predicted octanol–water partition coefficient (Wildman–Crippen LogP) is 1.35. The molecule has 5 heteroatoms. The summed E-state index contributed by atoms with van der Waals surface area (Å²) in [6.45, 7) is 1.87. The lowest BCUT2D eigenvalue weighted by Crippen LogP contribution is -2.23. The van der Waals surface area contributed by atoms with Gasteiger partial charge in [0, 0.05) is 25.2 Å². The molecule has 3 N–H and O–H groups in total. The number of aromatic nitrogens is 2. The molecule has 2 heterocycles. The molecular weight excluding hydrogens is 226 g/mol. The van der Waals surface area contributed by atoms with Gasteiger partial charge in [-0.25, -0.2) is 0 Å². The lowest BCUT2D eigenvalue weighted by Gasteiger charge is -2.13. The number of aromatic amines is 1. The third-order valence-corrected chi connectivity index (χ3v) is 3.11. The van der Waals surface area contributed by atoms with E-state index in [4.69, 9.17) is 5.73 Å². The van der Waals surface area contributed by atoms with Gasteiger partial charge in [0.1, 0.15) is 11.7 Å². The second-order valence-corrected chi connectivity index (χ2v) is 4.41. The zero-order valence-electron chi connectivity index (χ0n) is 10.2. The van der Waals surface area contributed by atoms with E-state index in [1.807, 2.05) is 6.07 Å². The molecule has 92 valence electrons. The predicted molar refractivity (Wildman–Crippen MR) is 72.5 cm³/mol. The number of nitrogen functional groups attached to an aromatic ring is 1. The maximum absolute atomic E-state index is 5.60. The van der Waals surface area contributed by atoms with E-state index in [0.717, 1.165) is 35.7 Å². The minimum atomic E-state index is 0.508. The Balaban J connectivity index is 1.89. The Kier molecular flexibility index (Phi) is 2.51. The van der Waals surface area contributed by atoms with Crippen molar-refractivity contribution in [2.24, 2.45) is 4.99 Å². The molecule has 0 bridgehead atoms. The summed E-state index contributed by atoms with van der Waals surface area (Å²) in [4.78, 5) is 6.67. The van der Waals surface area contributed by atoms with Gasteiger partial charge in [0.15, 0.2) is 0 Å². The molecule has 0 spiro atoms. The van der Waals surface area contributed by atoms with Crippen molar-refractivity contribution in [2.75, 3.05) is 25.9 Å². The van der Waals surface area contributed by atoms with E-state index < -0.39 is 0 Å². The molecule has 0 unspecified atom stereocenters. The minimum Gasteiger partial charge on any atom is -0.382 e. The summed E-state index contributed by atoms with van der Waals surface area (Å²) in [7, 11) is 2.06. The summed E-state index contributed by atoms with van der Waals surface area (Å²) in [5, 5.41) is 6.83. The van der Waals surface area contributed by atoms with Crippen molar-refractivity contribution in [1.82, 2.24) is 15.1 Å². The van der Waals surface area contributed by atoms with Gasteiger partial charge in [0.05, 0.1) is 12.2 Å². The van der Waals surface area contributed by atoms with E-state index in [-0.39, 0.29) is 0 Å². The Labute approximate surface area is 105 Å². The normalized spacial score (nSPS) is 14.9. The maximum atomic E-state index is 5.60. The summed E-state index contributed by atoms with van der Waals surface area (Å²) in [6.07, 6.45) is 0. The first kappa shape index (κ1) is 10.8. The molecule has 1 aliphatic rings. The minimum absolute atomic E-state index is 0.508. The van der Waals surface area contributed by atoms with Crippen molar-refractivity contribution in [3.05, 3.63) is 35.9 Å². The molecule has 0 radical (unpaired) electrons. The average molecular weight is 241 g/mol. The van der Waals surface area contributed by atoms with E-state index in [1.165, 1.54) is 0 Å². The number of nitrogens with one attached hydrogen (secondary N) is 1. The second kappa shape index (κ2) is 4.18. The number of likely N-dealkylation sites (N-methyl/N-ethyl adjacent to an activating group) is 1. The van der Waals surface area contributed by atoms with Crippen molar-refractivity contribution in [1.29, 1.82) is 0 Å². The van der Waals surface area contributed by atoms with Gasteiger partial charge in [-0.2, -0.15) is 5.10 Å². The molecule has 0 amide bonds. The molecule has 0 fully saturated rings. The van der Waals surface area contributed by atoms with Crippen molar-refractivity contribution in [2.45, 2.75) is 0 Å². The fraction of sp³-hybridized carbons (Fsp3) is 0.231. The Hall–Kier alpha value is -2.30. The van der Waals surface area contributed by atoms with Gasteiger partial charge in [-0.05, 0) is 5.56 Å². The standard InChI is InChI=1S/C13H15N5/c1-18-7-6-15-13(18)10-4-2-9(3-5-10)11-8-12(14)17-16-11/h2-5,8H,6-7H2,1H3,(H3,14,16,17). The van der Waals surface area contributed by atoms with Gasteiger partial charge >= 0.3 is 0 Å². The summed E-state index contributed by atoms with van der Waals surface area (Å²) >= 11 is 0. The summed E-state index contributed by atoms with van der Waals surface area (Å²) < 4.78 is 0. The molecule has 1 aromatic heterocycles. The highest BCUT2D eigenvalue weighted by Gasteiger charge is 2.14. The maximum Gasteiger partial charge on any atom is 0.145 e. The van der Waals surface area contributed by atoms with Crippen LogP contribution in [-0.4, -0.2) is 41.1 Å². The molecule has 3 rings (SSSR count). The third-order valence-electron chi connectivity index (χ3n) is 3.11. The lowest BCUT2D eigenvalue weighted by atomic mass is 10.1. The number of aliphatic imine (C=N–C) groups is 1. The van der Waals surface area contributed by atoms with Gasteiger partial charge < -0.3 is 10.6 Å². The third kappa shape index (κ3) is 1.84. The highest BCUT2D eigenvalue weighted by atomic mass is 15.2. The molecule has 0 atom stereocenters. The average Bonchev–Trinajstić information content (AvgIpc) is 2.98. The number of hydrogen-bond acceptors (Lipinski definition) is 4. The Morgan fingerprint density at radius 1 is 1.22 bits per heavy atom. The van der Waals surface area contributed by atoms with Crippen molar-refractivity contribution >= 4 is 11.7 Å². The number of nitrogens with zero attached hydrogens (tertiary/aromatic N) is 3. The number of amidine groups is 1. The highest BCUT2D eigenvalue weighted by molar-refractivity contribution is 5.99. The SMILES string of the molecule is CN1CCN=C1c1ccc(-c2cc(N)n[nH]2)cc1. The summed E-state index contributed by atoms with van der Waals surface area (Å²) in [5.41, 5.74) is 8.74. The number of anilines is 1. The first-order valence-electron chi connectivity index (χ1n) is 5.91. The second-order valence-electron chi connectivity index (χ2n) is 4.41. The van der Waals surface area contributed by atoms with Crippen LogP contribution in [-0.2, 0) is 0 Å². The van der Waals surface area contributed by atoms with Crippen LogP contribution in [0.3, 0.4) is 0 Å². The Bertz CT molecular complexity index is 582. The Morgan fingerprint density at radius 3 is 2.50 bits per heavy atom. The van der Waals surface area contributed by atoms with Crippen molar-refractivity contribution in [3.63, 3.8) is 0 Å². The number of benzene rings is 1. The molecule has 5 nitrogen and oxygen atoms in total. The summed E-state index contributed by atoms with van der Waals surface area (Å²) in [5.74, 6) is 1.57. The monoisotopic (exact) mass is 241 g/mol. The fourth-order valence-corrected chi connectivity index (χ4v) is 2.13. The molecule has 1 aromatic carbocycles. The number of hydrogen-bond donors (Lipinski definition) is 2. The van der Waals surface area contributed by atoms with Crippen LogP contribution in [0, 0.1) is 0 Å². The summed E-state index contributed by atoms with van der Waals surface area (Å²) in [6, 6.07) is 10.1. The zero-order valence-corrected chi connectivity index (χ0v) is 10.2. The zero-order chi connectivity index (χ0) is 12.5. The molecule has 0 saturated heterocycles. The lowest BCUT2D eigenvalue weighted by molar-refractivity contribution is 0.557.